The fourth-order valence-corrected chi connectivity index (χ4v) is 3.97. The molecule has 2 heterocycles. The van der Waals surface area contributed by atoms with Gasteiger partial charge in [0.15, 0.2) is 5.65 Å². The van der Waals surface area contributed by atoms with Gasteiger partial charge in [-0.15, -0.1) is 0 Å². The summed E-state index contributed by atoms with van der Waals surface area (Å²) in [6.07, 6.45) is -4.54. The van der Waals surface area contributed by atoms with Crippen molar-refractivity contribution in [3.63, 3.8) is 0 Å². The van der Waals surface area contributed by atoms with E-state index in [-0.39, 0.29) is 23.6 Å². The lowest BCUT2D eigenvalue weighted by Crippen LogP contribution is -2.25. The molecule has 0 spiro atoms. The normalized spacial score (nSPS) is 11.5. The fraction of sp³-hybridized carbons (Fsp3) is 0.174. The maximum Gasteiger partial charge on any atom is 0.416 e. The number of imidazole rings is 1. The summed E-state index contributed by atoms with van der Waals surface area (Å²) in [6, 6.07) is 11.5. The monoisotopic (exact) mass is 523 g/mol. The Morgan fingerprint density at radius 1 is 1.09 bits per heavy atom. The highest BCUT2D eigenvalue weighted by Crippen LogP contribution is 2.34. The number of alkyl halides is 3. The Kier molecular flexibility index (Phi) is 6.77. The van der Waals surface area contributed by atoms with E-state index >= 15 is 0 Å². The number of nitrogens with one attached hydrogen (secondary N) is 2. The van der Waals surface area contributed by atoms with Crippen LogP contribution in [0.4, 0.5) is 24.8 Å². The van der Waals surface area contributed by atoms with Crippen LogP contribution < -0.4 is 15.4 Å². The lowest BCUT2D eigenvalue weighted by Gasteiger charge is -2.14. The first-order valence-electron chi connectivity index (χ1n) is 10.2. The number of carbonyl (C=O) groups excluding carboxylic acids is 1. The Labute approximate surface area is 207 Å². The Bertz CT molecular complexity index is 1400. The Morgan fingerprint density at radius 2 is 1.77 bits per heavy atom. The van der Waals surface area contributed by atoms with E-state index in [9.17, 15) is 18.0 Å². The van der Waals surface area contributed by atoms with Crippen LogP contribution in [-0.2, 0) is 19.8 Å². The number of halogens is 5. The number of methoxy groups -OCH3 is 1. The number of aromatic nitrogens is 3. The molecule has 35 heavy (non-hydrogen) atoms. The molecule has 0 unspecified atom stereocenters. The third-order valence-corrected chi connectivity index (χ3v) is 5.84. The van der Waals surface area contributed by atoms with Crippen molar-refractivity contribution in [3.05, 3.63) is 75.3 Å². The second kappa shape index (κ2) is 9.63. The van der Waals surface area contributed by atoms with Crippen LogP contribution in [0.3, 0.4) is 0 Å². The number of ether oxygens (including phenoxy) is 1. The van der Waals surface area contributed by atoms with Gasteiger partial charge < -0.3 is 15.4 Å². The van der Waals surface area contributed by atoms with Crippen molar-refractivity contribution in [2.45, 2.75) is 12.7 Å². The minimum atomic E-state index is -4.54. The predicted molar refractivity (Wildman–Crippen MR) is 127 cm³/mol. The number of nitrogens with zero attached hydrogens (tertiary/aromatic N) is 3. The average molecular weight is 524 g/mol. The second-order valence-electron chi connectivity index (χ2n) is 7.44. The summed E-state index contributed by atoms with van der Waals surface area (Å²) >= 11 is 12.5. The maximum absolute atomic E-state index is 13.3. The first-order valence-corrected chi connectivity index (χ1v) is 10.9. The van der Waals surface area contributed by atoms with Gasteiger partial charge in [-0.1, -0.05) is 47.5 Å². The summed E-state index contributed by atoms with van der Waals surface area (Å²) in [6.45, 7) is -0.338. The lowest BCUT2D eigenvalue weighted by molar-refractivity contribution is -0.138. The molecule has 0 saturated heterocycles. The molecular formula is C23H18Cl2F3N5O2. The Hall–Kier alpha value is -3.50. The number of rotatable bonds is 6. The van der Waals surface area contributed by atoms with Gasteiger partial charge in [0, 0.05) is 13.6 Å². The summed E-state index contributed by atoms with van der Waals surface area (Å²) < 4.78 is 46.7. The average Bonchev–Trinajstić information content (AvgIpc) is 3.13. The lowest BCUT2D eigenvalue weighted by atomic mass is 10.1. The summed E-state index contributed by atoms with van der Waals surface area (Å²) in [4.78, 5) is 21.7. The molecule has 2 aromatic heterocycles. The first kappa shape index (κ1) is 24.6. The molecule has 1 amide bonds. The number of amides is 1. The number of hydrogen-bond donors (Lipinski definition) is 2. The van der Waals surface area contributed by atoms with Gasteiger partial charge in [-0.3, -0.25) is 9.36 Å². The number of aryl methyl sites for hydroxylation is 1. The number of hydrogen-bond acceptors (Lipinski definition) is 5. The number of para-hydroxylation sites is 1. The molecule has 0 atom stereocenters. The quantitative estimate of drug-likeness (QED) is 0.325. The van der Waals surface area contributed by atoms with Crippen LogP contribution in [0.25, 0.3) is 11.2 Å². The van der Waals surface area contributed by atoms with Gasteiger partial charge in [-0.2, -0.15) is 18.2 Å². The topological polar surface area (TPSA) is 81.1 Å². The van der Waals surface area contributed by atoms with Crippen molar-refractivity contribution < 1.29 is 22.7 Å². The van der Waals surface area contributed by atoms with E-state index in [0.29, 0.717) is 32.8 Å². The van der Waals surface area contributed by atoms with Crippen molar-refractivity contribution in [1.29, 1.82) is 0 Å². The summed E-state index contributed by atoms with van der Waals surface area (Å²) in [7, 11) is 3.03. The zero-order chi connectivity index (χ0) is 25.3. The fourth-order valence-electron chi connectivity index (χ4n) is 3.48. The largest absolute Gasteiger partial charge is 0.480 e. The van der Waals surface area contributed by atoms with E-state index in [1.165, 1.54) is 31.4 Å². The Balaban J connectivity index is 1.64. The van der Waals surface area contributed by atoms with Crippen LogP contribution in [0.2, 0.25) is 10.0 Å². The van der Waals surface area contributed by atoms with Crippen molar-refractivity contribution in [2.24, 2.45) is 7.05 Å². The molecule has 0 fully saturated rings. The smallest absolute Gasteiger partial charge is 0.416 e. The minimum Gasteiger partial charge on any atom is -0.480 e. The standard InChI is InChI=1S/C23H18Cl2F3N5O2/c1-33-19-17(30-22(33)31-18-15(24)8-5-9-16(18)25)10-13(21(32-19)35-2)20(34)29-11-12-6-3-4-7-14(12)23(26,27)28/h3-10H,11H2,1-2H3,(H,29,34)(H,30,31). The van der Waals surface area contributed by atoms with Gasteiger partial charge in [0.2, 0.25) is 11.8 Å². The highest BCUT2D eigenvalue weighted by atomic mass is 35.5. The Morgan fingerprint density at radius 3 is 2.43 bits per heavy atom. The molecule has 0 aliphatic heterocycles. The highest BCUT2D eigenvalue weighted by molar-refractivity contribution is 6.39. The van der Waals surface area contributed by atoms with Gasteiger partial charge >= 0.3 is 6.18 Å². The molecule has 0 radical (unpaired) electrons. The number of fused-ring (bicyclic) bond motifs is 1. The van der Waals surface area contributed by atoms with E-state index in [1.807, 2.05) is 0 Å². The number of carbonyl (C=O) groups is 1. The van der Waals surface area contributed by atoms with E-state index in [4.69, 9.17) is 27.9 Å². The summed E-state index contributed by atoms with van der Waals surface area (Å²) in [5.74, 6) is -0.326. The molecular weight excluding hydrogens is 506 g/mol. The van der Waals surface area contributed by atoms with E-state index < -0.39 is 17.6 Å². The molecule has 0 aliphatic carbocycles. The maximum atomic E-state index is 13.3. The van der Waals surface area contributed by atoms with Crippen LogP contribution in [0.15, 0.2) is 48.5 Å². The molecule has 2 aromatic carbocycles. The molecule has 0 saturated carbocycles. The van der Waals surface area contributed by atoms with Crippen LogP contribution in [-0.4, -0.2) is 27.6 Å². The van der Waals surface area contributed by atoms with E-state index in [1.54, 1.807) is 29.8 Å². The zero-order valence-electron chi connectivity index (χ0n) is 18.4. The molecule has 0 bridgehead atoms. The van der Waals surface area contributed by atoms with Crippen molar-refractivity contribution >= 4 is 51.9 Å². The molecule has 182 valence electrons. The minimum absolute atomic E-state index is 0.00978. The molecule has 12 heteroatoms. The molecule has 2 N–H and O–H groups in total. The summed E-state index contributed by atoms with van der Waals surface area (Å²) in [5, 5.41) is 6.32. The predicted octanol–water partition coefficient (Wildman–Crippen LogP) is 5.98. The SMILES string of the molecule is COc1nc2c(cc1C(=O)NCc1ccccc1C(F)(F)F)nc(Nc1c(Cl)cccc1Cl)n2C. The number of anilines is 2. The zero-order valence-corrected chi connectivity index (χ0v) is 19.9. The van der Waals surface area contributed by atoms with Crippen LogP contribution >= 0.6 is 23.2 Å². The van der Waals surface area contributed by atoms with Crippen molar-refractivity contribution in [3.8, 4) is 5.88 Å². The van der Waals surface area contributed by atoms with Crippen LogP contribution in [0, 0.1) is 0 Å². The second-order valence-corrected chi connectivity index (χ2v) is 8.26. The van der Waals surface area contributed by atoms with Gasteiger partial charge in [-0.25, -0.2) is 4.98 Å². The van der Waals surface area contributed by atoms with Crippen LogP contribution in [0.1, 0.15) is 21.5 Å². The van der Waals surface area contributed by atoms with Gasteiger partial charge in [0.25, 0.3) is 5.91 Å². The van der Waals surface area contributed by atoms with Gasteiger partial charge in [0.05, 0.1) is 28.4 Å². The molecule has 4 aromatic rings. The highest BCUT2D eigenvalue weighted by Gasteiger charge is 2.33. The first-order chi connectivity index (χ1) is 16.6. The number of pyridine rings is 1. The van der Waals surface area contributed by atoms with Crippen LogP contribution in [0.5, 0.6) is 5.88 Å². The molecule has 4 rings (SSSR count). The van der Waals surface area contributed by atoms with Gasteiger partial charge in [0.1, 0.15) is 11.1 Å². The third-order valence-electron chi connectivity index (χ3n) is 5.21. The molecule has 7 nitrogen and oxygen atoms in total. The van der Waals surface area contributed by atoms with E-state index in [0.717, 1.165) is 6.07 Å². The van der Waals surface area contributed by atoms with Crippen molar-refractivity contribution in [1.82, 2.24) is 19.9 Å². The third kappa shape index (κ3) is 4.98. The summed E-state index contributed by atoms with van der Waals surface area (Å²) in [5.41, 5.74) is 0.320. The van der Waals surface area contributed by atoms with Gasteiger partial charge in [-0.05, 0) is 29.8 Å². The number of benzene rings is 2. The molecule has 0 aliphatic rings. The van der Waals surface area contributed by atoms with E-state index in [2.05, 4.69) is 20.6 Å². The van der Waals surface area contributed by atoms with Crippen molar-refractivity contribution in [2.75, 3.05) is 12.4 Å².